The van der Waals surface area contributed by atoms with E-state index in [0.29, 0.717) is 18.1 Å². The molecule has 194 valence electrons. The lowest BCUT2D eigenvalue weighted by molar-refractivity contribution is -0.154. The van der Waals surface area contributed by atoms with Gasteiger partial charge in [-0.2, -0.15) is 0 Å². The van der Waals surface area contributed by atoms with Gasteiger partial charge in [0.2, 0.25) is 0 Å². The van der Waals surface area contributed by atoms with Crippen LogP contribution in [-0.4, -0.2) is 28.3 Å². The molecular formula is C29H48O5. The molecule has 0 heterocycles. The van der Waals surface area contributed by atoms with Crippen molar-refractivity contribution < 1.29 is 24.5 Å². The van der Waals surface area contributed by atoms with Crippen LogP contribution in [0.4, 0.5) is 0 Å². The monoisotopic (exact) mass is 476 g/mol. The Labute approximate surface area is 207 Å². The zero-order chi connectivity index (χ0) is 26.3. The van der Waals surface area contributed by atoms with Crippen LogP contribution in [0.3, 0.4) is 0 Å². The maximum atomic E-state index is 13.1. The molecule has 1 aromatic carbocycles. The van der Waals surface area contributed by atoms with Crippen LogP contribution in [0.1, 0.15) is 118 Å². The summed E-state index contributed by atoms with van der Waals surface area (Å²) in [6.07, 6.45) is 4.43. The average Bonchev–Trinajstić information content (AvgIpc) is 2.67. The Hall–Kier alpha value is -2.04. The number of aliphatic carboxylic acids is 1. The lowest BCUT2D eigenvalue weighted by Crippen LogP contribution is -2.26. The van der Waals surface area contributed by atoms with Gasteiger partial charge < -0.3 is 14.9 Å². The molecule has 0 amide bonds. The fraction of sp³-hybridized carbons (Fsp3) is 0.724. The summed E-state index contributed by atoms with van der Waals surface area (Å²) in [4.78, 5) is 24.3. The van der Waals surface area contributed by atoms with Crippen molar-refractivity contribution in [3.05, 3.63) is 28.8 Å². The minimum absolute atomic E-state index is 0.0844. The number of carbonyl (C=O) groups is 2. The van der Waals surface area contributed by atoms with E-state index in [9.17, 15) is 19.8 Å². The summed E-state index contributed by atoms with van der Waals surface area (Å²) in [6.45, 7) is 18.6. The minimum Gasteiger partial charge on any atom is -0.507 e. The molecule has 0 aliphatic rings. The van der Waals surface area contributed by atoms with Crippen LogP contribution in [0.25, 0.3) is 0 Å². The van der Waals surface area contributed by atoms with E-state index in [4.69, 9.17) is 4.74 Å². The third-order valence-corrected chi connectivity index (χ3v) is 6.27. The first kappa shape index (κ1) is 30.0. The summed E-state index contributed by atoms with van der Waals surface area (Å²) in [7, 11) is 0. The smallest absolute Gasteiger partial charge is 0.309 e. The zero-order valence-corrected chi connectivity index (χ0v) is 23.0. The summed E-state index contributed by atoms with van der Waals surface area (Å²) < 4.78 is 5.76. The van der Waals surface area contributed by atoms with Crippen molar-refractivity contribution in [1.29, 1.82) is 0 Å². The van der Waals surface area contributed by atoms with Crippen molar-refractivity contribution >= 4 is 11.9 Å². The molecule has 0 saturated carbocycles. The third-order valence-electron chi connectivity index (χ3n) is 6.27. The number of esters is 1. The Bertz CT molecular complexity index is 776. The van der Waals surface area contributed by atoms with Gasteiger partial charge in [-0.1, -0.05) is 80.4 Å². The van der Waals surface area contributed by atoms with Crippen LogP contribution >= 0.6 is 0 Å². The molecule has 2 atom stereocenters. The molecule has 0 bridgehead atoms. The maximum absolute atomic E-state index is 13.1. The summed E-state index contributed by atoms with van der Waals surface area (Å²) in [5, 5.41) is 20.2. The highest BCUT2D eigenvalue weighted by Gasteiger charge is 2.29. The van der Waals surface area contributed by atoms with Crippen molar-refractivity contribution in [2.24, 2.45) is 11.8 Å². The van der Waals surface area contributed by atoms with Gasteiger partial charge in [0.15, 0.2) is 0 Å². The number of ether oxygens (including phenoxy) is 1. The summed E-state index contributed by atoms with van der Waals surface area (Å²) in [6, 6.07) is 3.92. The molecule has 0 spiro atoms. The van der Waals surface area contributed by atoms with E-state index in [-0.39, 0.29) is 35.7 Å². The Morgan fingerprint density at radius 3 is 1.82 bits per heavy atom. The second-order valence-electron chi connectivity index (χ2n) is 12.3. The van der Waals surface area contributed by atoms with E-state index in [0.717, 1.165) is 42.4 Å². The van der Waals surface area contributed by atoms with E-state index in [2.05, 4.69) is 55.4 Å². The standard InChI is InChI=1S/C29H48O5/c1-19(2)12-10-11-13-20(3)34-27(33)22(14-15-25(30)31)16-21-17-23(28(4,5)6)26(32)24(18-21)29(7,8)9/h17-20,22,32H,10-16H2,1-9H3,(H,30,31). The Balaban J connectivity index is 3.12. The molecule has 5 heteroatoms. The Kier molecular flexibility index (Phi) is 11.1. The number of hydrogen-bond acceptors (Lipinski definition) is 4. The number of carbonyl (C=O) groups excluding carboxylic acids is 1. The number of unbranched alkanes of at least 4 members (excludes halogenated alkanes) is 1. The van der Waals surface area contributed by atoms with Crippen LogP contribution in [0.15, 0.2) is 12.1 Å². The number of rotatable bonds is 12. The van der Waals surface area contributed by atoms with Gasteiger partial charge in [0.1, 0.15) is 5.75 Å². The molecule has 0 aliphatic heterocycles. The van der Waals surface area contributed by atoms with Crippen LogP contribution in [0, 0.1) is 11.8 Å². The van der Waals surface area contributed by atoms with Gasteiger partial charge in [0, 0.05) is 6.42 Å². The lowest BCUT2D eigenvalue weighted by Gasteiger charge is -2.29. The molecular weight excluding hydrogens is 428 g/mol. The van der Waals surface area contributed by atoms with Gasteiger partial charge in [0.05, 0.1) is 12.0 Å². The van der Waals surface area contributed by atoms with Gasteiger partial charge in [-0.3, -0.25) is 9.59 Å². The predicted octanol–water partition coefficient (Wildman–Crippen LogP) is 7.16. The predicted molar refractivity (Wildman–Crippen MR) is 138 cm³/mol. The third kappa shape index (κ3) is 10.1. The number of carboxylic acids is 1. The molecule has 0 fully saturated rings. The highest BCUT2D eigenvalue weighted by atomic mass is 16.5. The molecule has 0 saturated heterocycles. The largest absolute Gasteiger partial charge is 0.507 e. The van der Waals surface area contributed by atoms with Gasteiger partial charge in [-0.05, 0) is 66.0 Å². The van der Waals surface area contributed by atoms with Crippen molar-refractivity contribution in [2.45, 2.75) is 124 Å². The number of aromatic hydroxyl groups is 1. The Morgan fingerprint density at radius 1 is 0.882 bits per heavy atom. The zero-order valence-electron chi connectivity index (χ0n) is 23.0. The highest BCUT2D eigenvalue weighted by Crippen LogP contribution is 2.40. The SMILES string of the molecule is CC(C)CCCCC(C)OC(=O)C(CCC(=O)O)Cc1cc(C(C)(C)C)c(O)c(C(C)(C)C)c1. The van der Waals surface area contributed by atoms with Gasteiger partial charge >= 0.3 is 11.9 Å². The number of benzene rings is 1. The average molecular weight is 477 g/mol. The first-order chi connectivity index (χ1) is 15.5. The van der Waals surface area contributed by atoms with Crippen LogP contribution in [0.5, 0.6) is 5.75 Å². The summed E-state index contributed by atoms with van der Waals surface area (Å²) in [5.74, 6) is -0.835. The normalized spacial score (nSPS) is 14.2. The van der Waals surface area contributed by atoms with Gasteiger partial charge in [-0.15, -0.1) is 0 Å². The molecule has 2 N–H and O–H groups in total. The summed E-state index contributed by atoms with van der Waals surface area (Å²) in [5.41, 5.74) is 2.03. The fourth-order valence-electron chi connectivity index (χ4n) is 4.18. The first-order valence-corrected chi connectivity index (χ1v) is 12.8. The van der Waals surface area contributed by atoms with Crippen molar-refractivity contribution in [2.75, 3.05) is 0 Å². The van der Waals surface area contributed by atoms with Crippen molar-refractivity contribution in [1.82, 2.24) is 0 Å². The van der Waals surface area contributed by atoms with Crippen molar-refractivity contribution in [3.63, 3.8) is 0 Å². The number of phenolic OH excluding ortho intramolecular Hbond substituents is 1. The second-order valence-corrected chi connectivity index (χ2v) is 12.3. The lowest BCUT2D eigenvalue weighted by atomic mass is 9.77. The molecule has 1 rings (SSSR count). The summed E-state index contributed by atoms with van der Waals surface area (Å²) >= 11 is 0. The van der Waals surface area contributed by atoms with E-state index in [1.165, 1.54) is 0 Å². The molecule has 34 heavy (non-hydrogen) atoms. The first-order valence-electron chi connectivity index (χ1n) is 12.8. The molecule has 0 aliphatic carbocycles. The molecule has 2 unspecified atom stereocenters. The molecule has 1 aromatic rings. The van der Waals surface area contributed by atoms with E-state index in [1.807, 2.05) is 19.1 Å². The van der Waals surface area contributed by atoms with E-state index >= 15 is 0 Å². The van der Waals surface area contributed by atoms with Crippen LogP contribution in [-0.2, 0) is 31.6 Å². The second kappa shape index (κ2) is 12.6. The molecule has 5 nitrogen and oxygen atoms in total. The Morgan fingerprint density at radius 2 is 1.38 bits per heavy atom. The molecule has 0 aromatic heterocycles. The van der Waals surface area contributed by atoms with E-state index < -0.39 is 11.9 Å². The van der Waals surface area contributed by atoms with Gasteiger partial charge in [0.25, 0.3) is 0 Å². The quantitative estimate of drug-likeness (QED) is 0.247. The van der Waals surface area contributed by atoms with E-state index in [1.54, 1.807) is 0 Å². The number of carboxylic acid groups (broad SMARTS) is 1. The minimum atomic E-state index is -0.920. The van der Waals surface area contributed by atoms with Crippen molar-refractivity contribution in [3.8, 4) is 5.75 Å². The van der Waals surface area contributed by atoms with Gasteiger partial charge in [-0.25, -0.2) is 0 Å². The number of hydrogen-bond donors (Lipinski definition) is 2. The number of phenols is 1. The highest BCUT2D eigenvalue weighted by molar-refractivity contribution is 5.74. The fourth-order valence-corrected chi connectivity index (χ4v) is 4.18. The van der Waals surface area contributed by atoms with Crippen LogP contribution < -0.4 is 0 Å². The van der Waals surface area contributed by atoms with Crippen LogP contribution in [0.2, 0.25) is 0 Å². The maximum Gasteiger partial charge on any atom is 0.309 e. The topological polar surface area (TPSA) is 83.8 Å². The molecule has 0 radical (unpaired) electrons.